The van der Waals surface area contributed by atoms with Crippen LogP contribution < -0.4 is 4.57 Å². The van der Waals surface area contributed by atoms with Crippen LogP contribution in [0.25, 0.3) is 0 Å². The molecular formula is C7H11N2O2+. The van der Waals surface area contributed by atoms with Gasteiger partial charge >= 0.3 is 0 Å². The molecule has 0 N–H and O–H groups in total. The minimum atomic E-state index is 0.429. The van der Waals surface area contributed by atoms with E-state index < -0.39 is 0 Å². The van der Waals surface area contributed by atoms with Gasteiger partial charge in [-0.2, -0.15) is 0 Å². The summed E-state index contributed by atoms with van der Waals surface area (Å²) in [6.07, 6.45) is 5.78. The Morgan fingerprint density at radius 3 is 3.09 bits per heavy atom. The van der Waals surface area contributed by atoms with Crippen LogP contribution in [0.1, 0.15) is 0 Å². The molecule has 1 aromatic rings. The number of nitrogens with zero attached hydrogens (tertiary/aromatic N) is 2. The standard InChI is InChI=1S/C7H11N2O2/c1-8-2-3-9(6-8)4-5-11-7-10/h2-3,6-7H,4-5H2,1H3/q+1. The zero-order valence-corrected chi connectivity index (χ0v) is 6.43. The van der Waals surface area contributed by atoms with Gasteiger partial charge in [0.1, 0.15) is 25.5 Å². The summed E-state index contributed by atoms with van der Waals surface area (Å²) in [6, 6.07) is 0. The zero-order chi connectivity index (χ0) is 8.10. The van der Waals surface area contributed by atoms with Crippen LogP contribution >= 0.6 is 0 Å². The summed E-state index contributed by atoms with van der Waals surface area (Å²) >= 11 is 0. The average molecular weight is 155 g/mol. The lowest BCUT2D eigenvalue weighted by atomic mass is 10.7. The molecule has 0 bridgehead atoms. The van der Waals surface area contributed by atoms with Crippen LogP contribution in [-0.4, -0.2) is 17.6 Å². The molecule has 0 saturated carbocycles. The first-order valence-electron chi connectivity index (χ1n) is 3.39. The van der Waals surface area contributed by atoms with E-state index in [1.54, 1.807) is 0 Å². The minimum absolute atomic E-state index is 0.429. The molecule has 4 heteroatoms. The number of carbonyl (C=O) groups excluding carboxylic acids is 1. The predicted octanol–water partition coefficient (Wildman–Crippen LogP) is -0.514. The molecule has 1 heterocycles. The lowest BCUT2D eigenvalue weighted by molar-refractivity contribution is -0.697. The highest BCUT2D eigenvalue weighted by molar-refractivity contribution is 5.36. The monoisotopic (exact) mass is 155 g/mol. The van der Waals surface area contributed by atoms with Gasteiger partial charge in [0.05, 0.1) is 7.05 Å². The van der Waals surface area contributed by atoms with Crippen molar-refractivity contribution in [3.05, 3.63) is 18.7 Å². The highest BCUT2D eigenvalue weighted by Crippen LogP contribution is 1.77. The molecule has 0 aliphatic heterocycles. The summed E-state index contributed by atoms with van der Waals surface area (Å²) in [7, 11) is 1.94. The van der Waals surface area contributed by atoms with E-state index in [9.17, 15) is 4.79 Å². The fourth-order valence-electron chi connectivity index (χ4n) is 0.840. The summed E-state index contributed by atoms with van der Waals surface area (Å²) in [5.41, 5.74) is 0. The Kier molecular flexibility index (Phi) is 2.66. The number of hydrogen-bond donors (Lipinski definition) is 0. The first-order valence-corrected chi connectivity index (χ1v) is 3.39. The molecule has 1 aromatic heterocycles. The number of aromatic nitrogens is 2. The summed E-state index contributed by atoms with van der Waals surface area (Å²) in [6.45, 7) is 1.60. The SMILES string of the molecule is Cn1cc[n+](CCOC=O)c1. The summed E-state index contributed by atoms with van der Waals surface area (Å²) < 4.78 is 8.42. The Labute approximate surface area is 65.0 Å². The lowest BCUT2D eigenvalue weighted by Crippen LogP contribution is -2.33. The van der Waals surface area contributed by atoms with Gasteiger partial charge in [-0.05, 0) is 0 Å². The maximum absolute atomic E-state index is 9.76. The molecule has 0 fully saturated rings. The molecule has 0 unspecified atom stereocenters. The smallest absolute Gasteiger partial charge is 0.293 e. The van der Waals surface area contributed by atoms with Crippen molar-refractivity contribution < 1.29 is 14.1 Å². The number of hydrogen-bond acceptors (Lipinski definition) is 2. The Morgan fingerprint density at radius 2 is 2.55 bits per heavy atom. The summed E-state index contributed by atoms with van der Waals surface area (Å²) in [5, 5.41) is 0. The Bertz CT molecular complexity index is 232. The van der Waals surface area contributed by atoms with Crippen LogP contribution in [0.2, 0.25) is 0 Å². The third-order valence-corrected chi connectivity index (χ3v) is 1.36. The largest absolute Gasteiger partial charge is 0.464 e. The number of aryl methyl sites for hydroxylation is 1. The van der Waals surface area contributed by atoms with E-state index in [1.807, 2.05) is 34.9 Å². The first kappa shape index (κ1) is 7.78. The molecule has 0 saturated heterocycles. The number of ether oxygens (including phenoxy) is 1. The second-order valence-electron chi connectivity index (χ2n) is 2.28. The summed E-state index contributed by atoms with van der Waals surface area (Å²) in [5.74, 6) is 0. The predicted molar refractivity (Wildman–Crippen MR) is 37.6 cm³/mol. The van der Waals surface area contributed by atoms with Gasteiger partial charge in [-0.3, -0.25) is 4.79 Å². The van der Waals surface area contributed by atoms with Crippen LogP contribution in [0.4, 0.5) is 0 Å². The minimum Gasteiger partial charge on any atom is -0.464 e. The first-order chi connectivity index (χ1) is 5.33. The normalized spacial score (nSPS) is 9.55. The van der Waals surface area contributed by atoms with Crippen LogP contribution in [-0.2, 0) is 23.1 Å². The molecule has 1 rings (SSSR count). The Morgan fingerprint density at radius 1 is 1.73 bits per heavy atom. The van der Waals surface area contributed by atoms with E-state index in [1.165, 1.54) is 0 Å². The second-order valence-corrected chi connectivity index (χ2v) is 2.28. The van der Waals surface area contributed by atoms with Crippen molar-refractivity contribution in [2.75, 3.05) is 6.61 Å². The van der Waals surface area contributed by atoms with Gasteiger partial charge in [0.15, 0.2) is 0 Å². The number of rotatable bonds is 4. The number of carbonyl (C=O) groups is 1. The van der Waals surface area contributed by atoms with Crippen molar-refractivity contribution in [1.29, 1.82) is 0 Å². The second kappa shape index (κ2) is 3.75. The molecule has 0 radical (unpaired) electrons. The molecule has 0 amide bonds. The maximum Gasteiger partial charge on any atom is 0.293 e. The maximum atomic E-state index is 9.76. The van der Waals surface area contributed by atoms with Crippen LogP contribution in [0.5, 0.6) is 0 Å². The van der Waals surface area contributed by atoms with Gasteiger partial charge in [-0.1, -0.05) is 0 Å². The van der Waals surface area contributed by atoms with Gasteiger partial charge in [0.25, 0.3) is 6.47 Å². The van der Waals surface area contributed by atoms with E-state index in [0.717, 1.165) is 0 Å². The average Bonchev–Trinajstić information content (AvgIpc) is 2.37. The van der Waals surface area contributed by atoms with Crippen molar-refractivity contribution in [3.63, 3.8) is 0 Å². The Hall–Kier alpha value is -1.32. The van der Waals surface area contributed by atoms with Gasteiger partial charge in [0, 0.05) is 0 Å². The third kappa shape index (κ3) is 2.41. The summed E-state index contributed by atoms with van der Waals surface area (Å²) in [4.78, 5) is 9.76. The fourth-order valence-corrected chi connectivity index (χ4v) is 0.840. The topological polar surface area (TPSA) is 35.1 Å². The van der Waals surface area contributed by atoms with Crippen LogP contribution in [0, 0.1) is 0 Å². The molecule has 0 aliphatic rings. The Balaban J connectivity index is 2.32. The van der Waals surface area contributed by atoms with E-state index in [2.05, 4.69) is 4.74 Å². The molecule has 0 aliphatic carbocycles. The molecule has 60 valence electrons. The lowest BCUT2D eigenvalue weighted by Gasteiger charge is -1.93. The highest BCUT2D eigenvalue weighted by Gasteiger charge is 1.97. The van der Waals surface area contributed by atoms with Gasteiger partial charge in [-0.15, -0.1) is 0 Å². The van der Waals surface area contributed by atoms with Crippen LogP contribution in [0.15, 0.2) is 18.7 Å². The quantitative estimate of drug-likeness (QED) is 0.333. The van der Waals surface area contributed by atoms with Crippen LogP contribution in [0.3, 0.4) is 0 Å². The van der Waals surface area contributed by atoms with Crippen molar-refractivity contribution >= 4 is 6.47 Å². The van der Waals surface area contributed by atoms with E-state index >= 15 is 0 Å². The van der Waals surface area contributed by atoms with E-state index in [-0.39, 0.29) is 0 Å². The molecule has 11 heavy (non-hydrogen) atoms. The molecule has 0 spiro atoms. The van der Waals surface area contributed by atoms with E-state index in [0.29, 0.717) is 19.6 Å². The van der Waals surface area contributed by atoms with Crippen molar-refractivity contribution in [2.45, 2.75) is 6.54 Å². The van der Waals surface area contributed by atoms with Crippen molar-refractivity contribution in [2.24, 2.45) is 7.05 Å². The molecule has 0 atom stereocenters. The molecule has 0 aromatic carbocycles. The van der Waals surface area contributed by atoms with Gasteiger partial charge in [-0.25, -0.2) is 9.13 Å². The zero-order valence-electron chi connectivity index (χ0n) is 6.43. The van der Waals surface area contributed by atoms with E-state index in [4.69, 9.17) is 0 Å². The molecular weight excluding hydrogens is 144 g/mol. The number of imidazole rings is 1. The highest BCUT2D eigenvalue weighted by atomic mass is 16.5. The van der Waals surface area contributed by atoms with Gasteiger partial charge < -0.3 is 4.74 Å². The van der Waals surface area contributed by atoms with Gasteiger partial charge in [0.2, 0.25) is 6.33 Å². The van der Waals surface area contributed by atoms with Crippen molar-refractivity contribution in [1.82, 2.24) is 4.57 Å². The fraction of sp³-hybridized carbons (Fsp3) is 0.429. The van der Waals surface area contributed by atoms with Crippen molar-refractivity contribution in [3.8, 4) is 0 Å². The third-order valence-electron chi connectivity index (χ3n) is 1.36. The molecule has 4 nitrogen and oxygen atoms in total.